The van der Waals surface area contributed by atoms with Crippen LogP contribution in [0.3, 0.4) is 0 Å². The largest absolute Gasteiger partial charge is 0.256 e. The van der Waals surface area contributed by atoms with E-state index in [0.717, 1.165) is 16.8 Å². The lowest BCUT2D eigenvalue weighted by atomic mass is 9.76. The monoisotopic (exact) mass is 422 g/mol. The first-order chi connectivity index (χ1) is 13.7. The van der Waals surface area contributed by atoms with Gasteiger partial charge in [-0.2, -0.15) is 0 Å². The topological polar surface area (TPSA) is 42.0 Å². The van der Waals surface area contributed by atoms with Gasteiger partial charge in [-0.05, 0) is 49.1 Å². The van der Waals surface area contributed by atoms with Crippen molar-refractivity contribution in [2.75, 3.05) is 0 Å². The number of fused-ring (bicyclic) bond motifs is 1. The van der Waals surface area contributed by atoms with E-state index in [1.165, 1.54) is 12.1 Å². The maximum atomic E-state index is 13.4. The number of nitrogens with zero attached hydrogens (tertiary/aromatic N) is 1. The van der Waals surface area contributed by atoms with Crippen LogP contribution in [0.15, 0.2) is 49.2 Å². The highest BCUT2D eigenvalue weighted by atomic mass is 32.2. The number of pyridine rings is 1. The second-order valence-corrected chi connectivity index (χ2v) is 9.13. The van der Waals surface area contributed by atoms with Crippen molar-refractivity contribution in [3.8, 4) is 11.1 Å². The molecule has 4 rings (SSSR count). The van der Waals surface area contributed by atoms with E-state index in [4.69, 9.17) is 0 Å². The van der Waals surface area contributed by atoms with Gasteiger partial charge in [0.15, 0.2) is 0 Å². The van der Waals surface area contributed by atoms with Crippen LogP contribution in [0.4, 0.5) is 13.2 Å². The van der Waals surface area contributed by atoms with E-state index in [9.17, 15) is 17.4 Å². The quantitative estimate of drug-likeness (QED) is 0.721. The number of nitrogens with one attached hydrogen (secondary N) is 1. The van der Waals surface area contributed by atoms with Crippen molar-refractivity contribution in [1.29, 1.82) is 0 Å². The Bertz CT molecular complexity index is 888. The third-order valence-electron chi connectivity index (χ3n) is 5.67. The second-order valence-electron chi connectivity index (χ2n) is 7.69. The smallest absolute Gasteiger partial charge is 0.251 e. The number of halogens is 3. The van der Waals surface area contributed by atoms with E-state index < -0.39 is 22.8 Å². The predicted octanol–water partition coefficient (Wildman–Crippen LogP) is 5.22. The molecule has 1 aliphatic heterocycles. The fourth-order valence-corrected chi connectivity index (χ4v) is 5.59. The minimum Gasteiger partial charge on any atom is -0.256 e. The molecule has 1 aromatic carbocycles. The highest BCUT2D eigenvalue weighted by Crippen LogP contribution is 2.45. The van der Waals surface area contributed by atoms with E-state index in [1.807, 2.05) is 25.1 Å². The zero-order chi connectivity index (χ0) is 21.2. The fraction of sp³-hybridized carbons (Fsp3) is 0.409. The van der Waals surface area contributed by atoms with E-state index >= 15 is 0 Å². The van der Waals surface area contributed by atoms with E-state index in [0.29, 0.717) is 6.42 Å². The summed E-state index contributed by atoms with van der Waals surface area (Å²) in [5, 5.41) is -0.351. The van der Waals surface area contributed by atoms with Gasteiger partial charge >= 0.3 is 0 Å². The van der Waals surface area contributed by atoms with E-state index in [1.54, 1.807) is 25.3 Å². The van der Waals surface area contributed by atoms with Crippen LogP contribution >= 0.6 is 0 Å². The van der Waals surface area contributed by atoms with Crippen LogP contribution in [0.1, 0.15) is 32.4 Å². The molecule has 1 aromatic heterocycles. The van der Waals surface area contributed by atoms with Gasteiger partial charge in [0.1, 0.15) is 5.82 Å². The lowest BCUT2D eigenvalue weighted by Gasteiger charge is -2.36. The Morgan fingerprint density at radius 1 is 1.24 bits per heavy atom. The van der Waals surface area contributed by atoms with Crippen molar-refractivity contribution in [2.24, 2.45) is 11.8 Å². The highest BCUT2D eigenvalue weighted by Gasteiger charge is 2.53. The van der Waals surface area contributed by atoms with Crippen LogP contribution < -0.4 is 4.72 Å². The summed E-state index contributed by atoms with van der Waals surface area (Å²) in [5.41, 5.74) is 2.55. The Balaban J connectivity index is 0.000000166. The van der Waals surface area contributed by atoms with Crippen molar-refractivity contribution in [3.63, 3.8) is 0 Å². The van der Waals surface area contributed by atoms with Gasteiger partial charge in [0.25, 0.3) is 5.92 Å². The van der Waals surface area contributed by atoms with Gasteiger partial charge in [-0.3, -0.25) is 4.98 Å². The molecule has 1 saturated carbocycles. The summed E-state index contributed by atoms with van der Waals surface area (Å²) in [6.45, 7) is 7.14. The molecule has 0 bridgehead atoms. The molecule has 2 heterocycles. The minimum absolute atomic E-state index is 0.111. The summed E-state index contributed by atoms with van der Waals surface area (Å²) in [7, 11) is -1.26. The molecule has 7 heteroatoms. The van der Waals surface area contributed by atoms with Crippen molar-refractivity contribution in [2.45, 2.75) is 43.9 Å². The maximum absolute atomic E-state index is 13.4. The van der Waals surface area contributed by atoms with Crippen LogP contribution in [0, 0.1) is 17.7 Å². The summed E-state index contributed by atoms with van der Waals surface area (Å²) < 4.78 is 54.0. The molecule has 5 unspecified atom stereocenters. The van der Waals surface area contributed by atoms with E-state index in [2.05, 4.69) is 16.3 Å². The molecular weight excluding hydrogens is 397 g/mol. The Morgan fingerprint density at radius 3 is 2.62 bits per heavy atom. The Morgan fingerprint density at radius 2 is 2.00 bits per heavy atom. The summed E-state index contributed by atoms with van der Waals surface area (Å²) in [6, 6.07) is 10.3. The molecule has 1 saturated heterocycles. The molecule has 0 amide bonds. The minimum atomic E-state index is -2.64. The van der Waals surface area contributed by atoms with E-state index in [-0.39, 0.29) is 29.4 Å². The van der Waals surface area contributed by atoms with Crippen LogP contribution in [0.2, 0.25) is 0 Å². The summed E-state index contributed by atoms with van der Waals surface area (Å²) >= 11 is 0. The van der Waals surface area contributed by atoms with Crippen LogP contribution in [-0.2, 0) is 11.0 Å². The standard InChI is InChI=1S/C13H10FN.C9H15F2NOS/c1-2-13-7-6-11(9-15-13)10-4-3-5-12(14)8-10;1-5-3-7-6(2)12-14(13)8(7)4-9(5,10)11/h2-9H,1H2;5-8,12H,3-4H2,1-2H3. The summed E-state index contributed by atoms with van der Waals surface area (Å²) in [4.78, 5) is 4.16. The molecule has 3 nitrogen and oxygen atoms in total. The molecule has 5 atom stereocenters. The number of hydrogen-bond donors (Lipinski definition) is 1. The number of rotatable bonds is 2. The molecule has 2 fully saturated rings. The third kappa shape index (κ3) is 4.95. The molecule has 29 heavy (non-hydrogen) atoms. The van der Waals surface area contributed by atoms with Crippen LogP contribution in [0.25, 0.3) is 17.2 Å². The Labute approximate surface area is 172 Å². The number of benzene rings is 1. The average Bonchev–Trinajstić information content (AvgIpc) is 2.95. The van der Waals surface area contributed by atoms with Crippen LogP contribution in [-0.4, -0.2) is 26.4 Å². The zero-order valence-electron chi connectivity index (χ0n) is 16.4. The third-order valence-corrected chi connectivity index (χ3v) is 7.34. The molecule has 1 aliphatic carbocycles. The highest BCUT2D eigenvalue weighted by molar-refractivity contribution is 7.84. The maximum Gasteiger partial charge on any atom is 0.251 e. The van der Waals surface area contributed by atoms with Crippen LogP contribution in [0.5, 0.6) is 0 Å². The molecule has 2 aromatic rings. The number of aromatic nitrogens is 1. The van der Waals surface area contributed by atoms with Crippen molar-refractivity contribution >= 4 is 17.1 Å². The van der Waals surface area contributed by atoms with Gasteiger partial charge in [0.05, 0.1) is 21.9 Å². The van der Waals surface area contributed by atoms with Gasteiger partial charge in [-0.1, -0.05) is 31.7 Å². The normalized spacial score (nSPS) is 30.0. The number of alkyl halides is 2. The van der Waals surface area contributed by atoms with Crippen molar-refractivity contribution in [1.82, 2.24) is 9.71 Å². The van der Waals surface area contributed by atoms with Crippen molar-refractivity contribution in [3.05, 3.63) is 60.7 Å². The molecule has 0 spiro atoms. The van der Waals surface area contributed by atoms with Gasteiger partial charge in [-0.25, -0.2) is 22.1 Å². The Kier molecular flexibility index (Phi) is 6.58. The first-order valence-corrected chi connectivity index (χ1v) is 10.8. The SMILES string of the molecule is C=Cc1ccc(-c2cccc(F)c2)cn1.CC1NS(=O)C2CC(F)(F)C(C)CC12. The molecular formula is C22H25F3N2OS. The van der Waals surface area contributed by atoms with Gasteiger partial charge in [0, 0.05) is 30.1 Å². The van der Waals surface area contributed by atoms with Gasteiger partial charge in [-0.15, -0.1) is 0 Å². The lowest BCUT2D eigenvalue weighted by Crippen LogP contribution is -2.42. The zero-order valence-corrected chi connectivity index (χ0v) is 17.3. The second kappa shape index (κ2) is 8.79. The lowest BCUT2D eigenvalue weighted by molar-refractivity contribution is -0.0885. The molecule has 156 valence electrons. The number of hydrogen-bond acceptors (Lipinski definition) is 2. The first-order valence-electron chi connectivity index (χ1n) is 9.60. The molecule has 2 aliphatic rings. The first kappa shape index (κ1) is 21.7. The summed E-state index contributed by atoms with van der Waals surface area (Å²) in [5.74, 6) is -3.29. The van der Waals surface area contributed by atoms with Crippen molar-refractivity contribution < 1.29 is 17.4 Å². The predicted molar refractivity (Wildman–Crippen MR) is 111 cm³/mol. The Hall–Kier alpha value is -1.99. The summed E-state index contributed by atoms with van der Waals surface area (Å²) in [6.07, 6.45) is 3.65. The van der Waals surface area contributed by atoms with Gasteiger partial charge in [0.2, 0.25) is 0 Å². The molecule has 0 radical (unpaired) electrons. The fourth-order valence-electron chi connectivity index (χ4n) is 3.84. The molecule has 1 N–H and O–H groups in total. The average molecular weight is 423 g/mol. The van der Waals surface area contributed by atoms with Gasteiger partial charge < -0.3 is 0 Å².